The highest BCUT2D eigenvalue weighted by Crippen LogP contribution is 2.64. The molecule has 2 saturated carbocycles. The van der Waals surface area contributed by atoms with Crippen molar-refractivity contribution in [1.29, 1.82) is 0 Å². The maximum absolute atomic E-state index is 15.6. The van der Waals surface area contributed by atoms with Crippen LogP contribution in [0.4, 0.5) is 4.79 Å². The van der Waals surface area contributed by atoms with Gasteiger partial charge in [-0.05, 0) is 63.8 Å². The quantitative estimate of drug-likeness (QED) is 0.136. The van der Waals surface area contributed by atoms with Crippen molar-refractivity contribution in [3.05, 3.63) is 82.9 Å². The smallest absolute Gasteiger partial charge is 0.408 e. The predicted octanol–water partition coefficient (Wildman–Crippen LogP) is 4.83. The van der Waals surface area contributed by atoms with Crippen LogP contribution in [0.25, 0.3) is 0 Å². The number of hydrogen-bond acceptors (Lipinski definition) is 14. The third kappa shape index (κ3) is 8.29. The zero-order chi connectivity index (χ0) is 45.7. The van der Waals surface area contributed by atoms with Crippen LogP contribution < -0.4 is 5.32 Å². The van der Waals surface area contributed by atoms with E-state index in [9.17, 15) is 34.5 Å². The van der Waals surface area contributed by atoms with Gasteiger partial charge in [0.25, 0.3) is 0 Å². The highest BCUT2D eigenvalue weighted by Gasteiger charge is 2.77. The van der Waals surface area contributed by atoms with Crippen LogP contribution in [-0.2, 0) is 54.2 Å². The van der Waals surface area contributed by atoms with Crippen molar-refractivity contribution in [3.8, 4) is 0 Å². The Morgan fingerprint density at radius 3 is 2.10 bits per heavy atom. The number of Topliss-reactive ketones (excluding diaryl/α,β-unsaturated/α-hetero) is 1. The first kappa shape index (κ1) is 46.8. The van der Waals surface area contributed by atoms with Crippen LogP contribution in [0.1, 0.15) is 99.2 Å². The molecule has 4 N–H and O–H groups in total. The summed E-state index contributed by atoms with van der Waals surface area (Å²) >= 11 is 0. The number of aliphatic hydroxyl groups excluding tert-OH is 2. The molecule has 0 aromatic heterocycles. The first-order valence-electron chi connectivity index (χ1n) is 21.1. The van der Waals surface area contributed by atoms with Crippen LogP contribution in [0.15, 0.2) is 71.8 Å². The van der Waals surface area contributed by atoms with Crippen LogP contribution >= 0.6 is 0 Å². The lowest BCUT2D eigenvalue weighted by atomic mass is 9.44. The van der Waals surface area contributed by atoms with Gasteiger partial charge in [0.1, 0.15) is 29.3 Å². The molecule has 62 heavy (non-hydrogen) atoms. The molecule has 1 heterocycles. The number of carbonyl (C=O) groups excluding carboxylic acids is 5. The van der Waals surface area contributed by atoms with Crippen molar-refractivity contribution in [2.45, 2.75) is 148 Å². The molecule has 0 spiro atoms. The molecule has 2 bridgehead atoms. The molecule has 4 aliphatic rings. The highest BCUT2D eigenvalue weighted by molar-refractivity contribution is 5.95. The van der Waals surface area contributed by atoms with Crippen LogP contribution in [0.5, 0.6) is 0 Å². The van der Waals surface area contributed by atoms with E-state index in [0.29, 0.717) is 11.1 Å². The van der Waals surface area contributed by atoms with Crippen LogP contribution in [-0.4, -0.2) is 105 Å². The minimum absolute atomic E-state index is 0.0997. The Morgan fingerprint density at radius 2 is 1.56 bits per heavy atom. The Kier molecular flexibility index (Phi) is 12.9. The number of ether oxygens (including phenoxy) is 6. The number of esters is 3. The summed E-state index contributed by atoms with van der Waals surface area (Å²) in [4.78, 5) is 69.6. The number of fused-ring (bicyclic) bond motifs is 5. The summed E-state index contributed by atoms with van der Waals surface area (Å²) in [5, 5.41) is 40.0. The van der Waals surface area contributed by atoms with Gasteiger partial charge in [-0.25, -0.2) is 4.79 Å². The lowest BCUT2D eigenvalue weighted by Crippen LogP contribution is -2.81. The van der Waals surface area contributed by atoms with Gasteiger partial charge in [-0.2, -0.15) is 0 Å². The molecule has 2 aromatic rings. The van der Waals surface area contributed by atoms with Gasteiger partial charge < -0.3 is 49.1 Å². The van der Waals surface area contributed by atoms with Gasteiger partial charge >= 0.3 is 24.0 Å². The Bertz CT molecular complexity index is 2060. The maximum atomic E-state index is 15.6. The van der Waals surface area contributed by atoms with E-state index in [2.05, 4.69) is 5.32 Å². The average Bonchev–Trinajstić information content (AvgIpc) is 3.17. The molecule has 0 unspecified atom stereocenters. The topological polar surface area (TPSA) is 213 Å². The molecule has 1 amide bonds. The molecule has 6 rings (SSSR count). The first-order chi connectivity index (χ1) is 28.9. The molecule has 3 fully saturated rings. The van der Waals surface area contributed by atoms with Crippen LogP contribution in [0, 0.1) is 22.7 Å². The Hall–Kier alpha value is -4.67. The third-order valence-corrected chi connectivity index (χ3v) is 13.5. The summed E-state index contributed by atoms with van der Waals surface area (Å²) in [5.74, 6) is -5.99. The zero-order valence-corrected chi connectivity index (χ0v) is 37.1. The fourth-order valence-electron chi connectivity index (χ4n) is 10.4. The molecule has 12 atom stereocenters. The van der Waals surface area contributed by atoms with E-state index in [-0.39, 0.29) is 37.2 Å². The summed E-state index contributed by atoms with van der Waals surface area (Å²) in [7, 11) is 0. The van der Waals surface area contributed by atoms with Gasteiger partial charge in [0.05, 0.1) is 43.0 Å². The number of rotatable bonds is 11. The fraction of sp³-hybridized carbons (Fsp3) is 0.596. The normalized spacial score (nSPS) is 32.8. The molecular formula is C47H61NO14. The van der Waals surface area contributed by atoms with E-state index in [0.717, 1.165) is 6.92 Å². The lowest BCUT2D eigenvalue weighted by molar-refractivity contribution is -0.351. The molecule has 338 valence electrons. The van der Waals surface area contributed by atoms with Crippen molar-refractivity contribution < 1.29 is 67.7 Å². The van der Waals surface area contributed by atoms with E-state index in [1.54, 1.807) is 71.9 Å². The van der Waals surface area contributed by atoms with Gasteiger partial charge in [-0.3, -0.25) is 19.2 Å². The molecular weight excluding hydrogens is 803 g/mol. The monoisotopic (exact) mass is 863 g/mol. The Balaban J connectivity index is 1.54. The molecule has 0 radical (unpaired) electrons. The molecule has 2 aromatic carbocycles. The number of hydrogen-bond donors (Lipinski definition) is 4. The molecule has 15 nitrogen and oxygen atoms in total. The van der Waals surface area contributed by atoms with Gasteiger partial charge in [0, 0.05) is 38.0 Å². The van der Waals surface area contributed by atoms with E-state index in [4.69, 9.17) is 28.4 Å². The first-order valence-corrected chi connectivity index (χ1v) is 21.1. The van der Waals surface area contributed by atoms with Crippen LogP contribution in [0.3, 0.4) is 0 Å². The molecule has 1 saturated heterocycles. The second kappa shape index (κ2) is 17.1. The number of carbonyl (C=O) groups is 5. The predicted molar refractivity (Wildman–Crippen MR) is 222 cm³/mol. The van der Waals surface area contributed by atoms with Crippen molar-refractivity contribution >= 4 is 29.8 Å². The van der Waals surface area contributed by atoms with Gasteiger partial charge in [0.2, 0.25) is 0 Å². The molecule has 3 aliphatic carbocycles. The zero-order valence-electron chi connectivity index (χ0n) is 37.1. The summed E-state index contributed by atoms with van der Waals surface area (Å²) in [6.07, 6.45) is -9.62. The summed E-state index contributed by atoms with van der Waals surface area (Å²) in [6.45, 7) is 15.0. The van der Waals surface area contributed by atoms with Crippen molar-refractivity contribution in [2.75, 3.05) is 6.61 Å². The number of nitrogens with one attached hydrogen (secondary N) is 1. The number of alkyl carbamates (subject to hydrolysis) is 1. The summed E-state index contributed by atoms with van der Waals surface area (Å²) in [6, 6.07) is 16.5. The Labute approximate surface area is 362 Å². The van der Waals surface area contributed by atoms with Gasteiger partial charge in [-0.1, -0.05) is 74.5 Å². The summed E-state index contributed by atoms with van der Waals surface area (Å²) in [5.41, 5.74) is -6.47. The maximum Gasteiger partial charge on any atom is 0.408 e. The highest BCUT2D eigenvalue weighted by atomic mass is 16.6. The molecule has 15 heteroatoms. The third-order valence-electron chi connectivity index (χ3n) is 13.5. The lowest BCUT2D eigenvalue weighted by Gasteiger charge is -2.67. The molecule has 1 aliphatic heterocycles. The standard InChI is InChI=1S/C47H61NO14/c1-25-31(60-41(54)34(26(2)49)36(30-19-15-12-16-20-30)48-42(55)62-43(5,6)7)22-47(56)40(57-23-29-17-13-11-14-18-29)38-45(10,32(52)21-33-46(38,24-58-33)61-28(4)51)39(53)37(59-27(3)50)35(25)44(47,8)9/h11-20,26,31-34,36-38,40,49,52,56H,21-24H2,1-10H3,(H,48,55)/t26-,31-,32-,33+,34-,36-,37+,38-,40-,45+,46-,47+/m0/s1. The largest absolute Gasteiger partial charge is 0.457 e. The SMILES string of the molecule is CC(=O)O[C@H]1C(=O)[C@@]2(C)[C@H]([C@H](OCc3ccccc3)[C@]3(O)C[C@H](OC(=O)[C@@H]([C@H](C)O)[C@@H](NC(=O)OC(C)(C)C)c4ccccc4)C(C)=C1C3(C)C)[C@]1(OC(C)=O)CO[C@@H]1C[C@@H]2O. The van der Waals surface area contributed by atoms with Crippen molar-refractivity contribution in [2.24, 2.45) is 22.7 Å². The van der Waals surface area contributed by atoms with Gasteiger partial charge in [0.15, 0.2) is 17.5 Å². The number of ketones is 1. The summed E-state index contributed by atoms with van der Waals surface area (Å²) < 4.78 is 36.8. The fourth-order valence-corrected chi connectivity index (χ4v) is 10.4. The van der Waals surface area contributed by atoms with Gasteiger partial charge in [-0.15, -0.1) is 0 Å². The van der Waals surface area contributed by atoms with Crippen molar-refractivity contribution in [3.63, 3.8) is 0 Å². The van der Waals surface area contributed by atoms with E-state index in [1.165, 1.54) is 20.8 Å². The number of aliphatic hydroxyl groups is 3. The average molecular weight is 864 g/mol. The number of benzene rings is 2. The minimum Gasteiger partial charge on any atom is -0.457 e. The van der Waals surface area contributed by atoms with Crippen molar-refractivity contribution in [1.82, 2.24) is 5.32 Å². The second-order valence-corrected chi connectivity index (χ2v) is 19.0. The Morgan fingerprint density at radius 1 is 0.952 bits per heavy atom. The van der Waals surface area contributed by atoms with E-state index >= 15 is 4.79 Å². The van der Waals surface area contributed by atoms with E-state index < -0.39 is 112 Å². The minimum atomic E-state index is -2.15. The second-order valence-electron chi connectivity index (χ2n) is 19.0. The number of amides is 1. The van der Waals surface area contributed by atoms with E-state index in [1.807, 2.05) is 30.3 Å². The van der Waals surface area contributed by atoms with Crippen LogP contribution in [0.2, 0.25) is 0 Å².